The van der Waals surface area contributed by atoms with E-state index in [9.17, 15) is 4.79 Å². The van der Waals surface area contributed by atoms with E-state index < -0.39 is 0 Å². The summed E-state index contributed by atoms with van der Waals surface area (Å²) in [4.78, 5) is 16.7. The largest absolute Gasteiger partial charge is 0.497 e. The minimum atomic E-state index is -0.234. The van der Waals surface area contributed by atoms with Crippen molar-refractivity contribution in [3.05, 3.63) is 81.9 Å². The Morgan fingerprint density at radius 1 is 1.21 bits per heavy atom. The van der Waals surface area contributed by atoms with Gasteiger partial charge in [-0.25, -0.2) is 4.98 Å². The third kappa shape index (κ3) is 3.58. The van der Waals surface area contributed by atoms with Crippen molar-refractivity contribution in [2.45, 2.75) is 6.54 Å². The van der Waals surface area contributed by atoms with Gasteiger partial charge in [-0.05, 0) is 35.9 Å². The molecule has 0 fully saturated rings. The Balaban J connectivity index is 1.84. The van der Waals surface area contributed by atoms with Crippen LogP contribution in [0.4, 0.5) is 5.82 Å². The molecule has 1 aromatic heterocycles. The number of methoxy groups -OCH3 is 1. The van der Waals surface area contributed by atoms with Gasteiger partial charge in [-0.15, -0.1) is 0 Å². The van der Waals surface area contributed by atoms with Gasteiger partial charge in [0, 0.05) is 24.0 Å². The van der Waals surface area contributed by atoms with Crippen LogP contribution in [0.15, 0.2) is 65.7 Å². The minimum Gasteiger partial charge on any atom is -0.497 e. The van der Waals surface area contributed by atoms with Crippen molar-refractivity contribution in [3.8, 4) is 11.4 Å². The topological polar surface area (TPSA) is 56.1 Å². The van der Waals surface area contributed by atoms with Gasteiger partial charge in [0.05, 0.1) is 12.8 Å². The van der Waals surface area contributed by atoms with E-state index in [0.29, 0.717) is 17.3 Å². The monoisotopic (exact) mass is 341 g/mol. The Morgan fingerprint density at radius 2 is 2.04 bits per heavy atom. The first-order chi connectivity index (χ1) is 11.7. The normalized spacial score (nSPS) is 10.4. The van der Waals surface area contributed by atoms with Crippen LogP contribution in [0.25, 0.3) is 5.69 Å². The lowest BCUT2D eigenvalue weighted by molar-refractivity contribution is 0.414. The molecular weight excluding hydrogens is 326 g/mol. The van der Waals surface area contributed by atoms with Gasteiger partial charge < -0.3 is 10.1 Å². The summed E-state index contributed by atoms with van der Waals surface area (Å²) in [5, 5.41) is 3.64. The smallest absolute Gasteiger partial charge is 0.297 e. The second-order valence-electron chi connectivity index (χ2n) is 5.14. The molecule has 6 heteroatoms. The molecule has 0 atom stereocenters. The molecule has 1 heterocycles. The predicted molar refractivity (Wildman–Crippen MR) is 95.2 cm³/mol. The number of benzene rings is 2. The van der Waals surface area contributed by atoms with Crippen molar-refractivity contribution in [3.63, 3.8) is 0 Å². The summed E-state index contributed by atoms with van der Waals surface area (Å²) >= 11 is 6.00. The van der Waals surface area contributed by atoms with Gasteiger partial charge in [-0.3, -0.25) is 9.36 Å². The molecule has 3 aromatic rings. The summed E-state index contributed by atoms with van der Waals surface area (Å²) < 4.78 is 6.70. The molecule has 0 unspecified atom stereocenters. The SMILES string of the molecule is COc1cccc(CNc2nccn(-c3cccc(Cl)c3)c2=O)c1. The third-order valence-electron chi connectivity index (χ3n) is 3.52. The van der Waals surface area contributed by atoms with E-state index in [-0.39, 0.29) is 11.4 Å². The first kappa shape index (κ1) is 16.1. The van der Waals surface area contributed by atoms with Crippen LogP contribution in [0.5, 0.6) is 5.75 Å². The Morgan fingerprint density at radius 3 is 2.83 bits per heavy atom. The summed E-state index contributed by atoms with van der Waals surface area (Å²) in [6.45, 7) is 0.471. The Bertz CT molecular complexity index is 909. The van der Waals surface area contributed by atoms with Crippen molar-refractivity contribution in [1.29, 1.82) is 0 Å². The zero-order valence-electron chi connectivity index (χ0n) is 13.1. The third-order valence-corrected chi connectivity index (χ3v) is 3.76. The van der Waals surface area contributed by atoms with Crippen LogP contribution < -0.4 is 15.6 Å². The number of hydrogen-bond acceptors (Lipinski definition) is 4. The lowest BCUT2D eigenvalue weighted by Gasteiger charge is -2.10. The zero-order chi connectivity index (χ0) is 16.9. The molecule has 24 heavy (non-hydrogen) atoms. The highest BCUT2D eigenvalue weighted by Crippen LogP contribution is 2.15. The minimum absolute atomic E-state index is 0.234. The van der Waals surface area contributed by atoms with Crippen LogP contribution in [-0.2, 0) is 6.54 Å². The Kier molecular flexibility index (Phi) is 4.82. The maximum atomic E-state index is 12.6. The van der Waals surface area contributed by atoms with Crippen molar-refractivity contribution in [1.82, 2.24) is 9.55 Å². The van der Waals surface area contributed by atoms with E-state index >= 15 is 0 Å². The van der Waals surface area contributed by atoms with Crippen LogP contribution >= 0.6 is 11.6 Å². The molecule has 0 aliphatic heterocycles. The Hall–Kier alpha value is -2.79. The highest BCUT2D eigenvalue weighted by Gasteiger charge is 2.07. The second-order valence-corrected chi connectivity index (χ2v) is 5.57. The quantitative estimate of drug-likeness (QED) is 0.771. The van der Waals surface area contributed by atoms with E-state index in [4.69, 9.17) is 16.3 Å². The molecule has 1 N–H and O–H groups in total. The highest BCUT2D eigenvalue weighted by molar-refractivity contribution is 6.30. The van der Waals surface area contributed by atoms with Gasteiger partial charge in [-0.1, -0.05) is 29.8 Å². The average molecular weight is 342 g/mol. The lowest BCUT2D eigenvalue weighted by Crippen LogP contribution is -2.23. The van der Waals surface area contributed by atoms with E-state index in [1.165, 1.54) is 4.57 Å². The molecule has 5 nitrogen and oxygen atoms in total. The van der Waals surface area contributed by atoms with Crippen LogP contribution in [0.2, 0.25) is 5.02 Å². The first-order valence-electron chi connectivity index (χ1n) is 7.38. The van der Waals surface area contributed by atoms with Crippen molar-refractivity contribution >= 4 is 17.4 Å². The van der Waals surface area contributed by atoms with Gasteiger partial charge in [0.25, 0.3) is 5.56 Å². The summed E-state index contributed by atoms with van der Waals surface area (Å²) in [6, 6.07) is 14.7. The zero-order valence-corrected chi connectivity index (χ0v) is 13.8. The number of rotatable bonds is 5. The molecule has 0 radical (unpaired) electrons. The summed E-state index contributed by atoms with van der Waals surface area (Å²) in [5.41, 5.74) is 1.45. The van der Waals surface area contributed by atoms with Crippen molar-refractivity contribution in [2.24, 2.45) is 0 Å². The molecule has 0 bridgehead atoms. The molecule has 0 amide bonds. The van der Waals surface area contributed by atoms with E-state index in [0.717, 1.165) is 11.3 Å². The van der Waals surface area contributed by atoms with Gasteiger partial charge >= 0.3 is 0 Å². The molecule has 0 saturated carbocycles. The van der Waals surface area contributed by atoms with E-state index in [1.54, 1.807) is 37.7 Å². The van der Waals surface area contributed by atoms with Gasteiger partial charge in [0.1, 0.15) is 5.75 Å². The Labute approximate surface area is 144 Å². The fraction of sp³-hybridized carbons (Fsp3) is 0.111. The lowest BCUT2D eigenvalue weighted by atomic mass is 10.2. The van der Waals surface area contributed by atoms with Crippen molar-refractivity contribution < 1.29 is 4.74 Å². The molecule has 0 aliphatic carbocycles. The fourth-order valence-electron chi connectivity index (χ4n) is 2.33. The van der Waals surface area contributed by atoms with Crippen molar-refractivity contribution in [2.75, 3.05) is 12.4 Å². The summed E-state index contributed by atoms with van der Waals surface area (Å²) in [5.74, 6) is 1.05. The molecule has 3 rings (SSSR count). The average Bonchev–Trinajstić information content (AvgIpc) is 2.61. The molecule has 2 aromatic carbocycles. The standard InChI is InChI=1S/C18H16ClN3O2/c1-24-16-7-2-4-13(10-16)12-21-17-18(23)22(9-8-20-17)15-6-3-5-14(19)11-15/h2-11H,12H2,1H3,(H,20,21). The molecule has 0 spiro atoms. The number of ether oxygens (including phenoxy) is 1. The van der Waals surface area contributed by atoms with Gasteiger partial charge in [0.15, 0.2) is 5.82 Å². The summed E-state index contributed by atoms with van der Waals surface area (Å²) in [6.07, 6.45) is 3.20. The van der Waals surface area contributed by atoms with Crippen LogP contribution in [-0.4, -0.2) is 16.7 Å². The predicted octanol–water partition coefficient (Wildman–Crippen LogP) is 3.51. The van der Waals surface area contributed by atoms with Crippen LogP contribution in [0.3, 0.4) is 0 Å². The molecule has 0 aliphatic rings. The second kappa shape index (κ2) is 7.19. The maximum absolute atomic E-state index is 12.6. The van der Waals surface area contributed by atoms with Gasteiger partial charge in [0.2, 0.25) is 0 Å². The van der Waals surface area contributed by atoms with E-state index in [1.807, 2.05) is 30.3 Å². The number of aromatic nitrogens is 2. The van der Waals surface area contributed by atoms with Gasteiger partial charge in [-0.2, -0.15) is 0 Å². The van der Waals surface area contributed by atoms with Crippen LogP contribution in [0.1, 0.15) is 5.56 Å². The number of nitrogens with zero attached hydrogens (tertiary/aromatic N) is 2. The summed E-state index contributed by atoms with van der Waals surface area (Å²) in [7, 11) is 1.62. The number of hydrogen-bond donors (Lipinski definition) is 1. The number of halogens is 1. The number of anilines is 1. The van der Waals surface area contributed by atoms with Crippen LogP contribution in [0, 0.1) is 0 Å². The maximum Gasteiger partial charge on any atom is 0.297 e. The first-order valence-corrected chi connectivity index (χ1v) is 7.75. The molecule has 0 saturated heterocycles. The molecule has 122 valence electrons. The fourth-order valence-corrected chi connectivity index (χ4v) is 2.51. The number of nitrogens with one attached hydrogen (secondary N) is 1. The van der Waals surface area contributed by atoms with E-state index in [2.05, 4.69) is 10.3 Å². The highest BCUT2D eigenvalue weighted by atomic mass is 35.5. The molecular formula is C18H16ClN3O2.